The summed E-state index contributed by atoms with van der Waals surface area (Å²) >= 11 is 0. The first-order valence-corrected chi connectivity index (χ1v) is 6.91. The monoisotopic (exact) mass is 259 g/mol. The Labute approximate surface area is 114 Å². The molecule has 2 N–H and O–H groups in total. The summed E-state index contributed by atoms with van der Waals surface area (Å²) < 4.78 is 0. The lowest BCUT2D eigenvalue weighted by Gasteiger charge is -2.16. The SMILES string of the molecule is CNc1ccccc1C(=O)NN=CC1CCCCC1. The summed E-state index contributed by atoms with van der Waals surface area (Å²) in [5, 5.41) is 7.10. The van der Waals surface area contributed by atoms with E-state index in [-0.39, 0.29) is 5.91 Å². The van der Waals surface area contributed by atoms with Crippen LogP contribution in [0.5, 0.6) is 0 Å². The Hall–Kier alpha value is -1.84. The summed E-state index contributed by atoms with van der Waals surface area (Å²) in [5.41, 5.74) is 4.04. The number of amides is 1. The van der Waals surface area contributed by atoms with Crippen molar-refractivity contribution in [2.45, 2.75) is 32.1 Å². The Morgan fingerprint density at radius 2 is 2.00 bits per heavy atom. The summed E-state index contributed by atoms with van der Waals surface area (Å²) in [6, 6.07) is 7.41. The molecule has 102 valence electrons. The fraction of sp³-hybridized carbons (Fsp3) is 0.467. The zero-order valence-corrected chi connectivity index (χ0v) is 11.4. The first kappa shape index (κ1) is 13.6. The second kappa shape index (κ2) is 6.92. The van der Waals surface area contributed by atoms with Gasteiger partial charge in [-0.25, -0.2) is 5.43 Å². The van der Waals surface area contributed by atoms with Crippen molar-refractivity contribution < 1.29 is 4.79 Å². The number of hydrogen-bond acceptors (Lipinski definition) is 3. The van der Waals surface area contributed by atoms with Crippen LogP contribution >= 0.6 is 0 Å². The highest BCUT2D eigenvalue weighted by atomic mass is 16.2. The Balaban J connectivity index is 1.91. The zero-order chi connectivity index (χ0) is 13.5. The predicted molar refractivity (Wildman–Crippen MR) is 78.5 cm³/mol. The molecule has 1 aliphatic carbocycles. The van der Waals surface area contributed by atoms with E-state index in [4.69, 9.17) is 0 Å². The van der Waals surface area contributed by atoms with Gasteiger partial charge in [0.2, 0.25) is 0 Å². The van der Waals surface area contributed by atoms with E-state index in [1.54, 1.807) is 13.1 Å². The third-order valence-electron chi connectivity index (χ3n) is 3.54. The van der Waals surface area contributed by atoms with Gasteiger partial charge < -0.3 is 5.32 Å². The van der Waals surface area contributed by atoms with Gasteiger partial charge in [0.05, 0.1) is 5.56 Å². The van der Waals surface area contributed by atoms with E-state index in [0.29, 0.717) is 11.5 Å². The molecule has 1 amide bonds. The minimum Gasteiger partial charge on any atom is -0.387 e. The first-order chi connectivity index (χ1) is 9.31. The molecule has 0 spiro atoms. The van der Waals surface area contributed by atoms with Crippen LogP contribution in [0.1, 0.15) is 42.5 Å². The minimum atomic E-state index is -0.169. The molecule has 0 radical (unpaired) electrons. The minimum absolute atomic E-state index is 0.169. The number of hydrogen-bond donors (Lipinski definition) is 2. The maximum atomic E-state index is 12.0. The van der Waals surface area contributed by atoms with Crippen LogP contribution in [0.2, 0.25) is 0 Å². The molecule has 0 aromatic heterocycles. The highest BCUT2D eigenvalue weighted by Gasteiger charge is 2.12. The third kappa shape index (κ3) is 3.81. The summed E-state index contributed by atoms with van der Waals surface area (Å²) in [5.74, 6) is 0.352. The molecule has 0 bridgehead atoms. The van der Waals surface area contributed by atoms with Crippen LogP contribution in [-0.4, -0.2) is 19.2 Å². The van der Waals surface area contributed by atoms with Gasteiger partial charge in [-0.1, -0.05) is 31.4 Å². The summed E-state index contributed by atoms with van der Waals surface area (Å²) in [7, 11) is 1.80. The Morgan fingerprint density at radius 3 is 2.74 bits per heavy atom. The molecule has 0 saturated heterocycles. The fourth-order valence-corrected chi connectivity index (χ4v) is 2.44. The number of nitrogens with one attached hydrogen (secondary N) is 2. The van der Waals surface area contributed by atoms with Gasteiger partial charge in [0.25, 0.3) is 5.91 Å². The molecule has 2 rings (SSSR count). The molecule has 0 atom stereocenters. The molecule has 1 aromatic carbocycles. The highest BCUT2D eigenvalue weighted by molar-refractivity contribution is 5.99. The molecule has 0 unspecified atom stereocenters. The van der Waals surface area contributed by atoms with E-state index < -0.39 is 0 Å². The number of rotatable bonds is 4. The van der Waals surface area contributed by atoms with Crippen molar-refractivity contribution in [2.75, 3.05) is 12.4 Å². The van der Waals surface area contributed by atoms with Crippen molar-refractivity contribution in [3.8, 4) is 0 Å². The topological polar surface area (TPSA) is 53.5 Å². The van der Waals surface area contributed by atoms with E-state index >= 15 is 0 Å². The van der Waals surface area contributed by atoms with Crippen LogP contribution in [0.15, 0.2) is 29.4 Å². The van der Waals surface area contributed by atoms with Crippen molar-refractivity contribution in [1.82, 2.24) is 5.43 Å². The molecule has 4 nitrogen and oxygen atoms in total. The largest absolute Gasteiger partial charge is 0.387 e. The van der Waals surface area contributed by atoms with E-state index in [0.717, 1.165) is 5.69 Å². The van der Waals surface area contributed by atoms with Crippen molar-refractivity contribution in [1.29, 1.82) is 0 Å². The highest BCUT2D eigenvalue weighted by Crippen LogP contribution is 2.21. The number of nitrogens with zero attached hydrogens (tertiary/aromatic N) is 1. The molecule has 4 heteroatoms. The zero-order valence-electron chi connectivity index (χ0n) is 11.4. The quantitative estimate of drug-likeness (QED) is 0.645. The summed E-state index contributed by atoms with van der Waals surface area (Å²) in [4.78, 5) is 12.0. The number of carbonyl (C=O) groups excluding carboxylic acids is 1. The molecular weight excluding hydrogens is 238 g/mol. The molecule has 1 fully saturated rings. The van der Waals surface area contributed by atoms with Gasteiger partial charge >= 0.3 is 0 Å². The third-order valence-corrected chi connectivity index (χ3v) is 3.54. The maximum Gasteiger partial charge on any atom is 0.273 e. The smallest absolute Gasteiger partial charge is 0.273 e. The summed E-state index contributed by atoms with van der Waals surface area (Å²) in [6.07, 6.45) is 8.13. The lowest BCUT2D eigenvalue weighted by Crippen LogP contribution is -2.20. The lowest BCUT2D eigenvalue weighted by molar-refractivity contribution is 0.0955. The number of carbonyl (C=O) groups is 1. The van der Waals surface area contributed by atoms with Crippen LogP contribution < -0.4 is 10.7 Å². The van der Waals surface area contributed by atoms with E-state index in [1.807, 2.05) is 24.4 Å². The van der Waals surface area contributed by atoms with Crippen LogP contribution in [0.4, 0.5) is 5.69 Å². The average molecular weight is 259 g/mol. The van der Waals surface area contributed by atoms with Crippen LogP contribution in [-0.2, 0) is 0 Å². The number of para-hydroxylation sites is 1. The number of hydrazone groups is 1. The predicted octanol–water partition coefficient (Wildman–Crippen LogP) is 3.02. The Bertz CT molecular complexity index is 450. The van der Waals surface area contributed by atoms with Gasteiger partial charge in [0, 0.05) is 18.9 Å². The molecule has 1 aromatic rings. The Morgan fingerprint density at radius 1 is 1.26 bits per heavy atom. The van der Waals surface area contributed by atoms with Gasteiger partial charge in [0.15, 0.2) is 0 Å². The van der Waals surface area contributed by atoms with Gasteiger partial charge in [-0.2, -0.15) is 5.10 Å². The first-order valence-electron chi connectivity index (χ1n) is 6.91. The standard InChI is InChI=1S/C15H21N3O/c1-16-14-10-6-5-9-13(14)15(19)18-17-11-12-7-3-2-4-8-12/h5-6,9-12,16H,2-4,7-8H2,1H3,(H,18,19). The van der Waals surface area contributed by atoms with Crippen LogP contribution in [0.25, 0.3) is 0 Å². The molecule has 1 aliphatic rings. The molecule has 19 heavy (non-hydrogen) atoms. The average Bonchev–Trinajstić information content (AvgIpc) is 2.48. The number of anilines is 1. The molecular formula is C15H21N3O. The summed E-state index contributed by atoms with van der Waals surface area (Å²) in [6.45, 7) is 0. The van der Waals surface area contributed by atoms with Gasteiger partial charge in [-0.05, 0) is 30.9 Å². The molecule has 0 aliphatic heterocycles. The van der Waals surface area contributed by atoms with Crippen LogP contribution in [0.3, 0.4) is 0 Å². The van der Waals surface area contributed by atoms with Gasteiger partial charge in [-0.15, -0.1) is 0 Å². The lowest BCUT2D eigenvalue weighted by atomic mass is 9.90. The number of benzene rings is 1. The Kier molecular flexibility index (Phi) is 4.95. The van der Waals surface area contributed by atoms with E-state index in [2.05, 4.69) is 15.8 Å². The van der Waals surface area contributed by atoms with Crippen molar-refractivity contribution >= 4 is 17.8 Å². The normalized spacial score (nSPS) is 16.5. The van der Waals surface area contributed by atoms with Crippen LogP contribution in [0, 0.1) is 5.92 Å². The second-order valence-corrected chi connectivity index (χ2v) is 4.91. The van der Waals surface area contributed by atoms with E-state index in [1.165, 1.54) is 32.1 Å². The van der Waals surface area contributed by atoms with Crippen molar-refractivity contribution in [3.05, 3.63) is 29.8 Å². The van der Waals surface area contributed by atoms with Crippen molar-refractivity contribution in [2.24, 2.45) is 11.0 Å². The van der Waals surface area contributed by atoms with Crippen molar-refractivity contribution in [3.63, 3.8) is 0 Å². The van der Waals surface area contributed by atoms with E-state index in [9.17, 15) is 4.79 Å². The maximum absolute atomic E-state index is 12.0. The fourth-order valence-electron chi connectivity index (χ4n) is 2.44. The van der Waals surface area contributed by atoms with Gasteiger partial charge in [-0.3, -0.25) is 4.79 Å². The van der Waals surface area contributed by atoms with Gasteiger partial charge in [0.1, 0.15) is 0 Å². The second-order valence-electron chi connectivity index (χ2n) is 4.91. The molecule has 0 heterocycles. The molecule has 1 saturated carbocycles.